The Morgan fingerprint density at radius 1 is 1.00 bits per heavy atom. The van der Waals surface area contributed by atoms with Crippen LogP contribution >= 0.6 is 0 Å². The molecule has 0 aliphatic carbocycles. The standard InChI is InChI=1S/C21H26FN3O2/c1-14(2)12-18(23)20(26)25-19(13-15-6-4-3-5-7-15)21(27)24-17-10-8-16(22)9-11-17/h3-11,14,18-19H,12-13,23H2,1-2H3,(H,24,27)(H,25,26)/t18-,19+/m1/s1. The average Bonchev–Trinajstić information content (AvgIpc) is 2.63. The highest BCUT2D eigenvalue weighted by Gasteiger charge is 2.24. The Kier molecular flexibility index (Phi) is 7.49. The van der Waals surface area contributed by atoms with Gasteiger partial charge in [0.25, 0.3) is 0 Å². The van der Waals surface area contributed by atoms with Gasteiger partial charge in [-0.1, -0.05) is 44.2 Å². The fourth-order valence-corrected chi connectivity index (χ4v) is 2.72. The number of carbonyl (C=O) groups excluding carboxylic acids is 2. The Morgan fingerprint density at radius 3 is 2.22 bits per heavy atom. The Hall–Kier alpha value is -2.73. The minimum absolute atomic E-state index is 0.270. The summed E-state index contributed by atoms with van der Waals surface area (Å²) in [5, 5.41) is 5.47. The number of hydrogen-bond acceptors (Lipinski definition) is 3. The maximum absolute atomic E-state index is 13.1. The Morgan fingerprint density at radius 2 is 1.63 bits per heavy atom. The van der Waals surface area contributed by atoms with Gasteiger partial charge >= 0.3 is 0 Å². The molecule has 0 aliphatic rings. The molecular formula is C21H26FN3O2. The van der Waals surface area contributed by atoms with Crippen molar-refractivity contribution < 1.29 is 14.0 Å². The van der Waals surface area contributed by atoms with Gasteiger partial charge in [0.2, 0.25) is 11.8 Å². The molecule has 2 rings (SSSR count). The van der Waals surface area contributed by atoms with Crippen molar-refractivity contribution in [1.82, 2.24) is 5.32 Å². The first-order chi connectivity index (χ1) is 12.8. The van der Waals surface area contributed by atoms with Crippen LogP contribution in [0, 0.1) is 11.7 Å². The normalized spacial score (nSPS) is 13.1. The van der Waals surface area contributed by atoms with E-state index in [0.29, 0.717) is 18.5 Å². The van der Waals surface area contributed by atoms with Crippen LogP contribution in [0.1, 0.15) is 25.8 Å². The quantitative estimate of drug-likeness (QED) is 0.667. The number of nitrogens with two attached hydrogens (primary N) is 1. The topological polar surface area (TPSA) is 84.2 Å². The number of benzene rings is 2. The molecule has 6 heteroatoms. The summed E-state index contributed by atoms with van der Waals surface area (Å²) in [6.07, 6.45) is 0.859. The van der Waals surface area contributed by atoms with Crippen molar-refractivity contribution in [1.29, 1.82) is 0 Å². The molecule has 0 heterocycles. The zero-order chi connectivity index (χ0) is 19.8. The van der Waals surface area contributed by atoms with Crippen LogP contribution in [0.3, 0.4) is 0 Å². The molecular weight excluding hydrogens is 345 g/mol. The third-order valence-corrected chi connectivity index (χ3v) is 4.09. The van der Waals surface area contributed by atoms with Crippen molar-refractivity contribution in [3.05, 3.63) is 66.0 Å². The van der Waals surface area contributed by atoms with Gasteiger partial charge in [-0.25, -0.2) is 4.39 Å². The van der Waals surface area contributed by atoms with Crippen LogP contribution in [0.2, 0.25) is 0 Å². The number of halogens is 1. The van der Waals surface area contributed by atoms with Crippen molar-refractivity contribution in [3.63, 3.8) is 0 Å². The van der Waals surface area contributed by atoms with E-state index in [1.165, 1.54) is 24.3 Å². The summed E-state index contributed by atoms with van der Waals surface area (Å²) in [7, 11) is 0. The molecule has 0 unspecified atom stereocenters. The molecule has 2 aromatic rings. The molecule has 0 bridgehead atoms. The first kappa shape index (κ1) is 20.6. The number of carbonyl (C=O) groups is 2. The third-order valence-electron chi connectivity index (χ3n) is 4.09. The molecule has 2 aromatic carbocycles. The lowest BCUT2D eigenvalue weighted by atomic mass is 10.0. The van der Waals surface area contributed by atoms with Crippen molar-refractivity contribution >= 4 is 17.5 Å². The lowest BCUT2D eigenvalue weighted by Gasteiger charge is -2.21. The highest BCUT2D eigenvalue weighted by atomic mass is 19.1. The SMILES string of the molecule is CC(C)C[C@@H](N)C(=O)N[C@@H](Cc1ccccc1)C(=O)Nc1ccc(F)cc1. The maximum Gasteiger partial charge on any atom is 0.247 e. The van der Waals surface area contributed by atoms with Gasteiger partial charge < -0.3 is 16.4 Å². The van der Waals surface area contributed by atoms with E-state index in [9.17, 15) is 14.0 Å². The van der Waals surface area contributed by atoms with E-state index in [1.807, 2.05) is 44.2 Å². The maximum atomic E-state index is 13.1. The molecule has 0 saturated carbocycles. The van der Waals surface area contributed by atoms with Gasteiger partial charge in [0.05, 0.1) is 6.04 Å². The summed E-state index contributed by atoms with van der Waals surface area (Å²) >= 11 is 0. The van der Waals surface area contributed by atoms with Crippen LogP contribution in [-0.4, -0.2) is 23.9 Å². The molecule has 0 aliphatic heterocycles. The molecule has 2 amide bonds. The van der Waals surface area contributed by atoms with Gasteiger partial charge in [-0.3, -0.25) is 9.59 Å². The Balaban J connectivity index is 2.11. The molecule has 0 radical (unpaired) electrons. The second-order valence-electron chi connectivity index (χ2n) is 6.98. The first-order valence-electron chi connectivity index (χ1n) is 9.01. The van der Waals surface area contributed by atoms with E-state index >= 15 is 0 Å². The second-order valence-corrected chi connectivity index (χ2v) is 6.98. The van der Waals surface area contributed by atoms with Crippen LogP contribution < -0.4 is 16.4 Å². The van der Waals surface area contributed by atoms with Crippen LogP contribution in [0.5, 0.6) is 0 Å². The summed E-state index contributed by atoms with van der Waals surface area (Å²) in [5.74, 6) is -0.859. The molecule has 144 valence electrons. The van der Waals surface area contributed by atoms with Gasteiger partial charge in [-0.15, -0.1) is 0 Å². The fraction of sp³-hybridized carbons (Fsp3) is 0.333. The van der Waals surface area contributed by atoms with Crippen molar-refractivity contribution in [2.24, 2.45) is 11.7 Å². The van der Waals surface area contributed by atoms with Crippen LogP contribution in [0.15, 0.2) is 54.6 Å². The molecule has 27 heavy (non-hydrogen) atoms. The van der Waals surface area contributed by atoms with Crippen LogP contribution in [-0.2, 0) is 16.0 Å². The van der Waals surface area contributed by atoms with E-state index in [1.54, 1.807) is 0 Å². The highest BCUT2D eigenvalue weighted by Crippen LogP contribution is 2.11. The largest absolute Gasteiger partial charge is 0.343 e. The predicted molar refractivity (Wildman–Crippen MR) is 105 cm³/mol. The average molecular weight is 371 g/mol. The molecule has 4 N–H and O–H groups in total. The van der Waals surface area contributed by atoms with Crippen LogP contribution in [0.4, 0.5) is 10.1 Å². The summed E-state index contributed by atoms with van der Waals surface area (Å²) < 4.78 is 13.1. The van der Waals surface area contributed by atoms with E-state index in [0.717, 1.165) is 5.56 Å². The van der Waals surface area contributed by atoms with Crippen molar-refractivity contribution in [2.75, 3.05) is 5.32 Å². The summed E-state index contributed by atoms with van der Waals surface area (Å²) in [4.78, 5) is 25.1. The number of amides is 2. The number of hydrogen-bond donors (Lipinski definition) is 3. The molecule has 2 atom stereocenters. The zero-order valence-electron chi connectivity index (χ0n) is 15.6. The van der Waals surface area contributed by atoms with E-state index < -0.39 is 12.1 Å². The Bertz CT molecular complexity index is 748. The first-order valence-corrected chi connectivity index (χ1v) is 9.01. The molecule has 5 nitrogen and oxygen atoms in total. The minimum atomic E-state index is -0.789. The summed E-state index contributed by atoms with van der Waals surface area (Å²) in [5.41, 5.74) is 7.31. The lowest BCUT2D eigenvalue weighted by Crippen LogP contribution is -2.51. The minimum Gasteiger partial charge on any atom is -0.343 e. The van der Waals surface area contributed by atoms with E-state index in [2.05, 4.69) is 10.6 Å². The fourth-order valence-electron chi connectivity index (χ4n) is 2.72. The summed E-state index contributed by atoms with van der Waals surface area (Å²) in [6, 6.07) is 13.4. The number of rotatable bonds is 8. The second kappa shape index (κ2) is 9.83. The monoisotopic (exact) mass is 371 g/mol. The summed E-state index contributed by atoms with van der Waals surface area (Å²) in [6.45, 7) is 3.96. The number of nitrogens with one attached hydrogen (secondary N) is 2. The van der Waals surface area contributed by atoms with E-state index in [-0.39, 0.29) is 23.5 Å². The van der Waals surface area contributed by atoms with Gasteiger partial charge in [-0.05, 0) is 42.2 Å². The molecule has 0 aromatic heterocycles. The zero-order valence-corrected chi connectivity index (χ0v) is 15.6. The van der Waals surface area contributed by atoms with Crippen molar-refractivity contribution in [3.8, 4) is 0 Å². The molecule has 0 saturated heterocycles. The van der Waals surface area contributed by atoms with Gasteiger partial charge in [-0.2, -0.15) is 0 Å². The highest BCUT2D eigenvalue weighted by molar-refractivity contribution is 5.98. The molecule has 0 spiro atoms. The third kappa shape index (κ3) is 6.83. The molecule has 0 fully saturated rings. The lowest BCUT2D eigenvalue weighted by molar-refractivity contribution is -0.127. The van der Waals surface area contributed by atoms with E-state index in [4.69, 9.17) is 5.73 Å². The number of anilines is 1. The van der Waals surface area contributed by atoms with Gasteiger partial charge in [0.1, 0.15) is 11.9 Å². The van der Waals surface area contributed by atoms with Crippen LogP contribution in [0.25, 0.3) is 0 Å². The van der Waals surface area contributed by atoms with Gasteiger partial charge in [0.15, 0.2) is 0 Å². The predicted octanol–water partition coefficient (Wildman–Crippen LogP) is 2.87. The smallest absolute Gasteiger partial charge is 0.247 e. The van der Waals surface area contributed by atoms with Gasteiger partial charge in [0, 0.05) is 12.1 Å². The van der Waals surface area contributed by atoms with Crippen molar-refractivity contribution in [2.45, 2.75) is 38.8 Å². The Labute approximate surface area is 159 Å².